The van der Waals surface area contributed by atoms with Crippen LogP contribution >= 0.6 is 0 Å². The number of ether oxygens (including phenoxy) is 2. The number of aromatic nitrogens is 2. The number of rotatable bonds is 4. The number of benzene rings is 1. The summed E-state index contributed by atoms with van der Waals surface area (Å²) >= 11 is 0. The van der Waals surface area contributed by atoms with Crippen molar-refractivity contribution >= 4 is 28.6 Å². The number of carbonyl (C=O) groups is 1. The Morgan fingerprint density at radius 1 is 1.27 bits per heavy atom. The Labute approximate surface area is 152 Å². The summed E-state index contributed by atoms with van der Waals surface area (Å²) in [6.45, 7) is 8.88. The van der Waals surface area contributed by atoms with Gasteiger partial charge < -0.3 is 25.1 Å². The van der Waals surface area contributed by atoms with Gasteiger partial charge in [-0.1, -0.05) is 0 Å². The molecule has 0 saturated carbocycles. The summed E-state index contributed by atoms with van der Waals surface area (Å²) in [7, 11) is 0. The largest absolute Gasteiger partial charge is 0.476 e. The molecule has 1 aromatic heterocycles. The molecular formula is C18H25N5O3. The van der Waals surface area contributed by atoms with Gasteiger partial charge in [0.05, 0.1) is 29.9 Å². The molecule has 0 spiro atoms. The molecule has 140 valence electrons. The van der Waals surface area contributed by atoms with Gasteiger partial charge in [0.15, 0.2) is 5.60 Å². The number of fused-ring (bicyclic) bond motifs is 2. The van der Waals surface area contributed by atoms with Gasteiger partial charge in [-0.15, -0.1) is 0 Å². The number of nitrogen functional groups attached to an aromatic ring is 1. The zero-order valence-electron chi connectivity index (χ0n) is 15.2. The van der Waals surface area contributed by atoms with Crippen LogP contribution in [-0.2, 0) is 16.1 Å². The van der Waals surface area contributed by atoms with Crippen molar-refractivity contribution in [2.75, 3.05) is 43.9 Å². The molecule has 0 bridgehead atoms. The Balaban J connectivity index is 1.55. The first kappa shape index (κ1) is 17.1. The van der Waals surface area contributed by atoms with Gasteiger partial charge in [-0.3, -0.25) is 9.69 Å². The fraction of sp³-hybridized carbons (Fsp3) is 0.556. The van der Waals surface area contributed by atoms with Crippen molar-refractivity contribution in [3.63, 3.8) is 0 Å². The minimum atomic E-state index is -0.895. The third-order valence-electron chi connectivity index (χ3n) is 5.00. The highest BCUT2D eigenvalue weighted by Crippen LogP contribution is 2.37. The lowest BCUT2D eigenvalue weighted by molar-refractivity contribution is -0.129. The van der Waals surface area contributed by atoms with Crippen LogP contribution in [0.5, 0.6) is 5.75 Å². The molecule has 2 aliphatic rings. The quantitative estimate of drug-likeness (QED) is 0.858. The van der Waals surface area contributed by atoms with E-state index in [1.54, 1.807) is 13.8 Å². The van der Waals surface area contributed by atoms with Crippen LogP contribution in [0.25, 0.3) is 11.0 Å². The number of aryl methyl sites for hydroxylation is 1. The molecule has 1 fully saturated rings. The van der Waals surface area contributed by atoms with Crippen LogP contribution in [0.3, 0.4) is 0 Å². The van der Waals surface area contributed by atoms with E-state index >= 15 is 0 Å². The van der Waals surface area contributed by atoms with Crippen LogP contribution in [-0.4, -0.2) is 58.8 Å². The van der Waals surface area contributed by atoms with E-state index < -0.39 is 5.60 Å². The van der Waals surface area contributed by atoms with Crippen molar-refractivity contribution in [3.8, 4) is 5.75 Å². The summed E-state index contributed by atoms with van der Waals surface area (Å²) in [4.78, 5) is 18.9. The van der Waals surface area contributed by atoms with Crippen molar-refractivity contribution in [2.24, 2.45) is 0 Å². The smallest absolute Gasteiger partial charge is 0.268 e. The van der Waals surface area contributed by atoms with E-state index in [4.69, 9.17) is 15.2 Å². The molecule has 0 radical (unpaired) electrons. The zero-order valence-corrected chi connectivity index (χ0v) is 15.2. The van der Waals surface area contributed by atoms with Crippen molar-refractivity contribution in [3.05, 3.63) is 12.1 Å². The average Bonchev–Trinajstić information content (AvgIpc) is 2.90. The van der Waals surface area contributed by atoms with E-state index in [9.17, 15) is 4.79 Å². The lowest BCUT2D eigenvalue weighted by Gasteiger charge is -2.31. The number of hydrogen-bond acceptors (Lipinski definition) is 6. The number of nitrogens with one attached hydrogen (secondary N) is 1. The van der Waals surface area contributed by atoms with Crippen LogP contribution in [0.4, 0.5) is 11.6 Å². The number of carbonyl (C=O) groups excluding carboxylic acids is 1. The Kier molecular flexibility index (Phi) is 4.24. The minimum Gasteiger partial charge on any atom is -0.476 e. The fourth-order valence-corrected chi connectivity index (χ4v) is 3.46. The SMILES string of the molecule is CC1(C)Oc2cc3c(cc2NC1=O)nc(N)n3CCCN1CCOCC1. The van der Waals surface area contributed by atoms with Crippen LogP contribution in [0.15, 0.2) is 12.1 Å². The molecular weight excluding hydrogens is 334 g/mol. The second kappa shape index (κ2) is 6.44. The lowest BCUT2D eigenvalue weighted by atomic mass is 10.1. The van der Waals surface area contributed by atoms with Gasteiger partial charge in [-0.05, 0) is 26.3 Å². The van der Waals surface area contributed by atoms with Crippen molar-refractivity contribution in [1.82, 2.24) is 14.5 Å². The molecule has 4 rings (SSSR count). The normalized spacial score (nSPS) is 19.8. The summed E-state index contributed by atoms with van der Waals surface area (Å²) in [5.74, 6) is 0.966. The van der Waals surface area contributed by atoms with E-state index in [-0.39, 0.29) is 5.91 Å². The molecule has 1 aromatic carbocycles. The second-order valence-corrected chi connectivity index (χ2v) is 7.33. The van der Waals surface area contributed by atoms with Gasteiger partial charge in [-0.25, -0.2) is 4.98 Å². The molecule has 1 amide bonds. The van der Waals surface area contributed by atoms with Crippen molar-refractivity contribution < 1.29 is 14.3 Å². The third kappa shape index (κ3) is 3.10. The van der Waals surface area contributed by atoms with E-state index in [2.05, 4.69) is 15.2 Å². The summed E-state index contributed by atoms with van der Waals surface area (Å²) in [5, 5.41) is 2.88. The molecule has 2 aromatic rings. The zero-order chi connectivity index (χ0) is 18.3. The van der Waals surface area contributed by atoms with Crippen LogP contribution < -0.4 is 15.8 Å². The Bertz CT molecular complexity index is 839. The monoisotopic (exact) mass is 359 g/mol. The molecule has 26 heavy (non-hydrogen) atoms. The van der Waals surface area contributed by atoms with E-state index in [0.717, 1.165) is 56.8 Å². The maximum absolute atomic E-state index is 12.1. The molecule has 0 unspecified atom stereocenters. The predicted octanol–water partition coefficient (Wildman–Crippen LogP) is 1.45. The lowest BCUT2D eigenvalue weighted by Crippen LogP contribution is -2.45. The van der Waals surface area contributed by atoms with Gasteiger partial charge in [0.1, 0.15) is 5.75 Å². The maximum Gasteiger partial charge on any atom is 0.268 e. The summed E-state index contributed by atoms with van der Waals surface area (Å²) in [5.41, 5.74) is 7.57. The standard InChI is InChI=1S/C18H25N5O3/c1-18(2)16(24)20-13-10-12-14(11-15(13)26-18)23(17(19)21-12)5-3-4-22-6-8-25-9-7-22/h10-11H,3-9H2,1-2H3,(H2,19,21)(H,20,24). The highest BCUT2D eigenvalue weighted by molar-refractivity contribution is 6.02. The molecule has 8 heteroatoms. The highest BCUT2D eigenvalue weighted by Gasteiger charge is 2.35. The first-order valence-electron chi connectivity index (χ1n) is 9.04. The minimum absolute atomic E-state index is 0.165. The number of anilines is 2. The molecule has 0 aliphatic carbocycles. The topological polar surface area (TPSA) is 94.6 Å². The van der Waals surface area contributed by atoms with Crippen LogP contribution in [0.2, 0.25) is 0 Å². The van der Waals surface area contributed by atoms with Gasteiger partial charge in [-0.2, -0.15) is 0 Å². The van der Waals surface area contributed by atoms with E-state index in [1.807, 2.05) is 16.7 Å². The van der Waals surface area contributed by atoms with Gasteiger partial charge in [0, 0.05) is 32.2 Å². The molecule has 0 atom stereocenters. The Morgan fingerprint density at radius 2 is 2.04 bits per heavy atom. The van der Waals surface area contributed by atoms with E-state index in [1.165, 1.54) is 0 Å². The van der Waals surface area contributed by atoms with E-state index in [0.29, 0.717) is 17.4 Å². The number of nitrogens with two attached hydrogens (primary N) is 1. The number of imidazole rings is 1. The fourth-order valence-electron chi connectivity index (χ4n) is 3.46. The molecule has 3 heterocycles. The first-order chi connectivity index (χ1) is 12.4. The Morgan fingerprint density at radius 3 is 2.81 bits per heavy atom. The van der Waals surface area contributed by atoms with Crippen molar-refractivity contribution in [1.29, 1.82) is 0 Å². The third-order valence-corrected chi connectivity index (χ3v) is 5.00. The molecule has 3 N–H and O–H groups in total. The van der Waals surface area contributed by atoms with Crippen LogP contribution in [0.1, 0.15) is 20.3 Å². The molecule has 2 aliphatic heterocycles. The van der Waals surface area contributed by atoms with Crippen LogP contribution in [0, 0.1) is 0 Å². The van der Waals surface area contributed by atoms with Gasteiger partial charge in [0.2, 0.25) is 5.95 Å². The number of morpholine rings is 1. The number of amides is 1. The predicted molar refractivity (Wildman–Crippen MR) is 99.4 cm³/mol. The van der Waals surface area contributed by atoms with Gasteiger partial charge >= 0.3 is 0 Å². The average molecular weight is 359 g/mol. The summed E-state index contributed by atoms with van der Waals surface area (Å²) < 4.78 is 13.3. The molecule has 8 nitrogen and oxygen atoms in total. The highest BCUT2D eigenvalue weighted by atomic mass is 16.5. The summed E-state index contributed by atoms with van der Waals surface area (Å²) in [6, 6.07) is 3.75. The first-order valence-corrected chi connectivity index (χ1v) is 9.04. The van der Waals surface area contributed by atoms with Gasteiger partial charge in [0.25, 0.3) is 5.91 Å². The second-order valence-electron chi connectivity index (χ2n) is 7.33. The molecule has 1 saturated heterocycles. The number of hydrogen-bond donors (Lipinski definition) is 2. The number of nitrogens with zero attached hydrogens (tertiary/aromatic N) is 3. The Hall–Kier alpha value is -2.32. The van der Waals surface area contributed by atoms with Crippen molar-refractivity contribution in [2.45, 2.75) is 32.4 Å². The maximum atomic E-state index is 12.1. The summed E-state index contributed by atoms with van der Waals surface area (Å²) in [6.07, 6.45) is 0.982.